The van der Waals surface area contributed by atoms with E-state index >= 15 is 0 Å². The third-order valence-electron chi connectivity index (χ3n) is 3.94. The fraction of sp³-hybridized carbons (Fsp3) is 0.263. The minimum absolute atomic E-state index is 0.180. The quantitative estimate of drug-likeness (QED) is 0.505. The molecule has 24 heavy (non-hydrogen) atoms. The first-order valence-electron chi connectivity index (χ1n) is 7.51. The van der Waals surface area contributed by atoms with Gasteiger partial charge in [0.05, 0.1) is 21.3 Å². The van der Waals surface area contributed by atoms with E-state index in [-0.39, 0.29) is 6.79 Å². The van der Waals surface area contributed by atoms with Gasteiger partial charge in [-0.25, -0.2) is 0 Å². The first-order valence-corrected chi connectivity index (χ1v) is 7.51. The second-order valence-corrected chi connectivity index (χ2v) is 5.21. The van der Waals surface area contributed by atoms with Crippen LogP contribution in [0.4, 0.5) is 0 Å². The fourth-order valence-corrected chi connectivity index (χ4v) is 2.94. The van der Waals surface area contributed by atoms with E-state index in [0.29, 0.717) is 17.2 Å². The van der Waals surface area contributed by atoms with Crippen molar-refractivity contribution in [2.24, 2.45) is 0 Å². The highest BCUT2D eigenvalue weighted by molar-refractivity contribution is 6.14. The fourth-order valence-electron chi connectivity index (χ4n) is 2.94. The molecule has 0 fully saturated rings. The average Bonchev–Trinajstić information content (AvgIpc) is 2.64. The van der Waals surface area contributed by atoms with Crippen molar-refractivity contribution in [2.45, 2.75) is 0 Å². The number of methoxy groups -OCH3 is 4. The van der Waals surface area contributed by atoms with Crippen molar-refractivity contribution in [3.05, 3.63) is 36.4 Å². The third kappa shape index (κ3) is 2.57. The monoisotopic (exact) mass is 328 g/mol. The van der Waals surface area contributed by atoms with Crippen LogP contribution in [0.5, 0.6) is 23.0 Å². The predicted molar refractivity (Wildman–Crippen MR) is 93.6 cm³/mol. The maximum absolute atomic E-state index is 5.75. The Kier molecular flexibility index (Phi) is 4.62. The molecule has 0 heterocycles. The molecule has 5 nitrogen and oxygen atoms in total. The number of ether oxygens (including phenoxy) is 5. The SMILES string of the molecule is COCOc1cc2cc(OC)c(OC)c(OC)c2c2ccccc12. The van der Waals surface area contributed by atoms with Gasteiger partial charge in [0.2, 0.25) is 5.75 Å². The molecule has 0 aliphatic heterocycles. The minimum Gasteiger partial charge on any atom is -0.493 e. The number of benzene rings is 3. The van der Waals surface area contributed by atoms with Gasteiger partial charge in [0.15, 0.2) is 18.3 Å². The van der Waals surface area contributed by atoms with E-state index in [4.69, 9.17) is 23.7 Å². The number of rotatable bonds is 6. The van der Waals surface area contributed by atoms with Gasteiger partial charge in [-0.3, -0.25) is 0 Å². The summed E-state index contributed by atoms with van der Waals surface area (Å²) >= 11 is 0. The summed E-state index contributed by atoms with van der Waals surface area (Å²) in [5, 5.41) is 3.89. The smallest absolute Gasteiger partial charge is 0.203 e. The van der Waals surface area contributed by atoms with Crippen molar-refractivity contribution in [1.82, 2.24) is 0 Å². The van der Waals surface area contributed by atoms with E-state index in [2.05, 4.69) is 0 Å². The van der Waals surface area contributed by atoms with Crippen LogP contribution in [-0.2, 0) is 4.74 Å². The molecule has 0 radical (unpaired) electrons. The molecular weight excluding hydrogens is 308 g/mol. The molecule has 0 aliphatic rings. The second-order valence-electron chi connectivity index (χ2n) is 5.21. The Hall–Kier alpha value is -2.66. The van der Waals surface area contributed by atoms with E-state index in [9.17, 15) is 0 Å². The van der Waals surface area contributed by atoms with Gasteiger partial charge in [-0.2, -0.15) is 0 Å². The highest BCUT2D eigenvalue weighted by atomic mass is 16.7. The normalized spacial score (nSPS) is 10.8. The molecule has 0 aromatic heterocycles. The Morgan fingerprint density at radius 2 is 1.42 bits per heavy atom. The van der Waals surface area contributed by atoms with Crippen LogP contribution in [0.25, 0.3) is 21.5 Å². The van der Waals surface area contributed by atoms with Gasteiger partial charge >= 0.3 is 0 Å². The second kappa shape index (κ2) is 6.84. The Balaban J connectivity index is 2.43. The molecule has 3 aromatic carbocycles. The molecule has 0 N–H and O–H groups in total. The van der Waals surface area contributed by atoms with Crippen molar-refractivity contribution in [3.63, 3.8) is 0 Å². The molecule has 0 saturated carbocycles. The van der Waals surface area contributed by atoms with Crippen molar-refractivity contribution in [1.29, 1.82) is 0 Å². The van der Waals surface area contributed by atoms with Gasteiger partial charge in [-0.1, -0.05) is 24.3 Å². The van der Waals surface area contributed by atoms with Crippen LogP contribution in [0.2, 0.25) is 0 Å². The number of hydrogen-bond donors (Lipinski definition) is 0. The van der Waals surface area contributed by atoms with Crippen LogP contribution in [0.1, 0.15) is 0 Å². The molecule has 0 spiro atoms. The predicted octanol–water partition coefficient (Wildman–Crippen LogP) is 4.00. The molecule has 0 unspecified atom stereocenters. The van der Waals surface area contributed by atoms with Crippen LogP contribution >= 0.6 is 0 Å². The lowest BCUT2D eigenvalue weighted by molar-refractivity contribution is 0.0523. The average molecular weight is 328 g/mol. The van der Waals surface area contributed by atoms with Gasteiger partial charge in [0.25, 0.3) is 0 Å². The standard InChI is InChI=1S/C19H20O5/c1-20-11-24-15-9-12-10-16(21-2)18(22-3)19(23-4)17(12)14-8-6-5-7-13(14)15/h5-10H,11H2,1-4H3. The summed E-state index contributed by atoms with van der Waals surface area (Å²) in [7, 11) is 6.43. The summed E-state index contributed by atoms with van der Waals surface area (Å²) in [5.41, 5.74) is 0. The summed E-state index contributed by atoms with van der Waals surface area (Å²) in [6.07, 6.45) is 0. The van der Waals surface area contributed by atoms with Gasteiger partial charge in [0, 0.05) is 17.9 Å². The van der Waals surface area contributed by atoms with Crippen LogP contribution in [0, 0.1) is 0 Å². The summed E-state index contributed by atoms with van der Waals surface area (Å²) < 4.78 is 27.4. The number of hydrogen-bond acceptors (Lipinski definition) is 5. The maximum Gasteiger partial charge on any atom is 0.203 e. The van der Waals surface area contributed by atoms with E-state index < -0.39 is 0 Å². The highest BCUT2D eigenvalue weighted by Crippen LogP contribution is 2.47. The van der Waals surface area contributed by atoms with E-state index in [0.717, 1.165) is 27.3 Å². The van der Waals surface area contributed by atoms with Crippen LogP contribution in [0.3, 0.4) is 0 Å². The molecule has 0 saturated heterocycles. The lowest BCUT2D eigenvalue weighted by Crippen LogP contribution is -2.00. The Morgan fingerprint density at radius 1 is 0.750 bits per heavy atom. The zero-order valence-electron chi connectivity index (χ0n) is 14.2. The van der Waals surface area contributed by atoms with Gasteiger partial charge in [-0.05, 0) is 22.9 Å². The first kappa shape index (κ1) is 16.2. The molecule has 0 atom stereocenters. The van der Waals surface area contributed by atoms with Crippen molar-refractivity contribution in [2.75, 3.05) is 35.2 Å². The Labute approximate surface area is 140 Å². The minimum atomic E-state index is 0.180. The van der Waals surface area contributed by atoms with E-state index in [1.165, 1.54) is 0 Å². The number of fused-ring (bicyclic) bond motifs is 3. The van der Waals surface area contributed by atoms with Crippen molar-refractivity contribution >= 4 is 21.5 Å². The topological polar surface area (TPSA) is 46.2 Å². The van der Waals surface area contributed by atoms with E-state index in [1.807, 2.05) is 36.4 Å². The molecule has 3 rings (SSSR count). The largest absolute Gasteiger partial charge is 0.493 e. The molecule has 3 aromatic rings. The lowest BCUT2D eigenvalue weighted by atomic mass is 9.99. The van der Waals surface area contributed by atoms with Crippen molar-refractivity contribution < 1.29 is 23.7 Å². The molecule has 0 bridgehead atoms. The third-order valence-corrected chi connectivity index (χ3v) is 3.94. The van der Waals surface area contributed by atoms with E-state index in [1.54, 1.807) is 28.4 Å². The van der Waals surface area contributed by atoms with Gasteiger partial charge < -0.3 is 23.7 Å². The first-order chi connectivity index (χ1) is 11.7. The van der Waals surface area contributed by atoms with Crippen LogP contribution < -0.4 is 18.9 Å². The zero-order chi connectivity index (χ0) is 17.1. The Bertz CT molecular complexity index is 873. The molecule has 0 amide bonds. The molecule has 126 valence electrons. The van der Waals surface area contributed by atoms with Crippen LogP contribution in [-0.4, -0.2) is 35.2 Å². The lowest BCUT2D eigenvalue weighted by Gasteiger charge is -2.18. The summed E-state index contributed by atoms with van der Waals surface area (Å²) in [4.78, 5) is 0. The molecule has 5 heteroatoms. The summed E-state index contributed by atoms with van der Waals surface area (Å²) in [6, 6.07) is 11.9. The maximum atomic E-state index is 5.75. The molecular formula is C19H20O5. The van der Waals surface area contributed by atoms with Gasteiger partial charge in [-0.15, -0.1) is 0 Å². The highest BCUT2D eigenvalue weighted by Gasteiger charge is 2.19. The van der Waals surface area contributed by atoms with Gasteiger partial charge in [0.1, 0.15) is 5.75 Å². The zero-order valence-corrected chi connectivity index (χ0v) is 14.2. The molecule has 0 aliphatic carbocycles. The summed E-state index contributed by atoms with van der Waals surface area (Å²) in [5.74, 6) is 2.56. The summed E-state index contributed by atoms with van der Waals surface area (Å²) in [6.45, 7) is 0.180. The Morgan fingerprint density at radius 3 is 2.04 bits per heavy atom. The van der Waals surface area contributed by atoms with Crippen LogP contribution in [0.15, 0.2) is 36.4 Å². The van der Waals surface area contributed by atoms with Crippen molar-refractivity contribution in [3.8, 4) is 23.0 Å².